The van der Waals surface area contributed by atoms with Gasteiger partial charge in [-0.25, -0.2) is 0 Å². The van der Waals surface area contributed by atoms with Gasteiger partial charge in [0.05, 0.1) is 17.7 Å². The third-order valence-electron chi connectivity index (χ3n) is 3.46. The summed E-state index contributed by atoms with van der Waals surface area (Å²) in [5, 5.41) is 8.66. The van der Waals surface area contributed by atoms with Crippen molar-refractivity contribution >= 4 is 27.8 Å². The molecule has 0 heterocycles. The summed E-state index contributed by atoms with van der Waals surface area (Å²) >= 11 is 3.51. The molecule has 0 saturated carbocycles. The Morgan fingerprint density at radius 2 is 2.23 bits per heavy atom. The highest BCUT2D eigenvalue weighted by molar-refractivity contribution is 9.10. The first kappa shape index (κ1) is 16.3. The fourth-order valence-electron chi connectivity index (χ4n) is 2.29. The van der Waals surface area contributed by atoms with Crippen LogP contribution in [-0.4, -0.2) is 19.0 Å². The van der Waals surface area contributed by atoms with Gasteiger partial charge in [-0.1, -0.05) is 0 Å². The molecule has 1 aromatic rings. The van der Waals surface area contributed by atoms with Crippen molar-refractivity contribution in [2.75, 3.05) is 7.11 Å². The van der Waals surface area contributed by atoms with E-state index in [4.69, 9.17) is 14.7 Å². The second kappa shape index (κ2) is 7.28. The average molecular weight is 362 g/mol. The molecule has 22 heavy (non-hydrogen) atoms. The van der Waals surface area contributed by atoms with Gasteiger partial charge in [0.2, 0.25) is 0 Å². The van der Waals surface area contributed by atoms with Crippen LogP contribution in [0.4, 0.5) is 0 Å². The number of methoxy groups -OCH3 is 1. The molecular formula is C17H16BrNO3. The van der Waals surface area contributed by atoms with Crippen molar-refractivity contribution in [2.45, 2.75) is 25.9 Å². The number of ketones is 1. The van der Waals surface area contributed by atoms with E-state index in [9.17, 15) is 4.79 Å². The Balaban J connectivity index is 2.37. The lowest BCUT2D eigenvalue weighted by Crippen LogP contribution is -2.24. The first-order valence-corrected chi connectivity index (χ1v) is 7.66. The third kappa shape index (κ3) is 3.58. The van der Waals surface area contributed by atoms with Crippen LogP contribution in [0.25, 0.3) is 6.08 Å². The summed E-state index contributed by atoms with van der Waals surface area (Å²) in [4.78, 5) is 11.4. The van der Waals surface area contributed by atoms with Crippen molar-refractivity contribution in [3.05, 3.63) is 39.9 Å². The van der Waals surface area contributed by atoms with Crippen LogP contribution in [-0.2, 0) is 4.79 Å². The van der Waals surface area contributed by atoms with Gasteiger partial charge < -0.3 is 9.47 Å². The molecule has 0 N–H and O–H groups in total. The molecule has 0 bridgehead atoms. The zero-order valence-electron chi connectivity index (χ0n) is 12.4. The number of nitrogens with zero attached hydrogens (tertiary/aromatic N) is 1. The largest absolute Gasteiger partial charge is 0.493 e. The van der Waals surface area contributed by atoms with E-state index in [-0.39, 0.29) is 11.9 Å². The number of hydrogen-bond acceptors (Lipinski definition) is 4. The Bertz CT molecular complexity index is 686. The first-order chi connectivity index (χ1) is 10.6. The van der Waals surface area contributed by atoms with E-state index in [2.05, 4.69) is 15.9 Å². The monoisotopic (exact) mass is 361 g/mol. The topological polar surface area (TPSA) is 59.3 Å². The lowest BCUT2D eigenvalue weighted by molar-refractivity contribution is -0.115. The maximum atomic E-state index is 11.4. The quantitative estimate of drug-likeness (QED) is 0.759. The Morgan fingerprint density at radius 1 is 1.45 bits per heavy atom. The SMILES string of the molecule is COc1ccc(/C=C\C#N)c(Br)c1OC1CCC(=O)C=C1C. The Kier molecular flexibility index (Phi) is 5.40. The summed E-state index contributed by atoms with van der Waals surface area (Å²) in [5.74, 6) is 1.31. The summed E-state index contributed by atoms with van der Waals surface area (Å²) in [7, 11) is 1.58. The molecule has 0 radical (unpaired) electrons. The van der Waals surface area contributed by atoms with Crippen LogP contribution in [0.3, 0.4) is 0 Å². The number of rotatable bonds is 4. The maximum Gasteiger partial charge on any atom is 0.176 e. The molecule has 0 spiro atoms. The van der Waals surface area contributed by atoms with E-state index >= 15 is 0 Å². The molecule has 0 aliphatic heterocycles. The second-order valence-electron chi connectivity index (χ2n) is 4.96. The van der Waals surface area contributed by atoms with Crippen LogP contribution < -0.4 is 9.47 Å². The maximum absolute atomic E-state index is 11.4. The standard InChI is InChI=1S/C17H16BrNO3/c1-11-10-13(20)6-8-14(11)22-17-15(21-2)7-5-12(16(17)18)4-3-9-19/h3-5,7,10,14H,6,8H2,1-2H3/b4-3-. The van der Waals surface area contributed by atoms with Crippen molar-refractivity contribution in [1.29, 1.82) is 5.26 Å². The molecule has 1 aromatic carbocycles. The Hall–Kier alpha value is -2.06. The van der Waals surface area contributed by atoms with Crippen molar-refractivity contribution in [3.63, 3.8) is 0 Å². The zero-order valence-corrected chi connectivity index (χ0v) is 14.0. The van der Waals surface area contributed by atoms with Gasteiger partial charge in [-0.2, -0.15) is 5.26 Å². The third-order valence-corrected chi connectivity index (χ3v) is 4.28. The number of halogens is 1. The van der Waals surface area contributed by atoms with Gasteiger partial charge in [-0.3, -0.25) is 4.79 Å². The minimum atomic E-state index is -0.155. The average Bonchev–Trinajstić information content (AvgIpc) is 2.50. The summed E-state index contributed by atoms with van der Waals surface area (Å²) in [6.07, 6.45) is 5.71. The van der Waals surface area contributed by atoms with Gasteiger partial charge in [-0.15, -0.1) is 0 Å². The van der Waals surface area contributed by atoms with Gasteiger partial charge in [0, 0.05) is 12.5 Å². The van der Waals surface area contributed by atoms with E-state index in [1.54, 1.807) is 25.3 Å². The minimum Gasteiger partial charge on any atom is -0.493 e. The molecule has 1 aliphatic carbocycles. The van der Waals surface area contributed by atoms with Gasteiger partial charge in [0.1, 0.15) is 6.10 Å². The summed E-state index contributed by atoms with van der Waals surface area (Å²) in [6.45, 7) is 1.89. The fraction of sp³-hybridized carbons (Fsp3) is 0.294. The number of carbonyl (C=O) groups excluding carboxylic acids is 1. The predicted octanol–water partition coefficient (Wildman–Crippen LogP) is 4.05. The molecule has 1 unspecified atom stereocenters. The van der Waals surface area contributed by atoms with Crippen LogP contribution in [0, 0.1) is 11.3 Å². The van der Waals surface area contributed by atoms with E-state index in [0.717, 1.165) is 15.6 Å². The minimum absolute atomic E-state index is 0.133. The van der Waals surface area contributed by atoms with Crippen LogP contribution in [0.5, 0.6) is 11.5 Å². The molecule has 1 aliphatic rings. The lowest BCUT2D eigenvalue weighted by Gasteiger charge is -2.24. The lowest BCUT2D eigenvalue weighted by atomic mass is 9.97. The van der Waals surface area contributed by atoms with Gasteiger partial charge in [0.25, 0.3) is 0 Å². The van der Waals surface area contributed by atoms with Crippen molar-refractivity contribution < 1.29 is 14.3 Å². The van der Waals surface area contributed by atoms with Crippen LogP contribution in [0.15, 0.2) is 34.3 Å². The summed E-state index contributed by atoms with van der Waals surface area (Å²) in [6, 6.07) is 5.60. The Morgan fingerprint density at radius 3 is 2.86 bits per heavy atom. The van der Waals surface area contributed by atoms with Crippen LogP contribution in [0.1, 0.15) is 25.3 Å². The highest BCUT2D eigenvalue weighted by atomic mass is 79.9. The first-order valence-electron chi connectivity index (χ1n) is 6.87. The summed E-state index contributed by atoms with van der Waals surface area (Å²) in [5.41, 5.74) is 1.73. The fourth-order valence-corrected chi connectivity index (χ4v) is 2.85. The molecule has 2 rings (SSSR count). The molecule has 5 heteroatoms. The van der Waals surface area contributed by atoms with Gasteiger partial charge in [0.15, 0.2) is 17.3 Å². The molecule has 0 amide bonds. The van der Waals surface area contributed by atoms with Crippen LogP contribution >= 0.6 is 15.9 Å². The Labute approximate surface area is 138 Å². The highest BCUT2D eigenvalue weighted by Gasteiger charge is 2.23. The molecular weight excluding hydrogens is 346 g/mol. The number of carbonyl (C=O) groups is 1. The van der Waals surface area contributed by atoms with Gasteiger partial charge in [-0.05, 0) is 64.7 Å². The number of nitriles is 1. The number of allylic oxidation sites excluding steroid dienone is 2. The number of ether oxygens (including phenoxy) is 2. The zero-order chi connectivity index (χ0) is 16.1. The molecule has 4 nitrogen and oxygen atoms in total. The normalized spacial score (nSPS) is 18.0. The molecule has 0 fully saturated rings. The van der Waals surface area contributed by atoms with Gasteiger partial charge >= 0.3 is 0 Å². The predicted molar refractivity (Wildman–Crippen MR) is 87.8 cm³/mol. The van der Waals surface area contributed by atoms with Crippen molar-refractivity contribution in [1.82, 2.24) is 0 Å². The van der Waals surface area contributed by atoms with E-state index in [1.165, 1.54) is 6.08 Å². The van der Waals surface area contributed by atoms with Crippen molar-refractivity contribution in [2.24, 2.45) is 0 Å². The second-order valence-corrected chi connectivity index (χ2v) is 5.76. The van der Waals surface area contributed by atoms with E-state index in [1.807, 2.05) is 19.1 Å². The smallest absolute Gasteiger partial charge is 0.176 e. The van der Waals surface area contributed by atoms with E-state index in [0.29, 0.717) is 24.3 Å². The van der Waals surface area contributed by atoms with E-state index < -0.39 is 0 Å². The molecule has 1 atom stereocenters. The number of hydrogen-bond donors (Lipinski definition) is 0. The van der Waals surface area contributed by atoms with Crippen LogP contribution in [0.2, 0.25) is 0 Å². The molecule has 0 saturated heterocycles. The number of benzene rings is 1. The highest BCUT2D eigenvalue weighted by Crippen LogP contribution is 2.40. The summed E-state index contributed by atoms with van der Waals surface area (Å²) < 4.78 is 12.2. The van der Waals surface area contributed by atoms with Crippen molar-refractivity contribution in [3.8, 4) is 17.6 Å². The molecule has 0 aromatic heterocycles. The molecule has 114 valence electrons.